The molecular weight excluding hydrogens is 368 g/mol. The van der Waals surface area contributed by atoms with Crippen LogP contribution in [0.5, 0.6) is 11.5 Å². The normalized spacial score (nSPS) is 14.6. The topological polar surface area (TPSA) is 67.9 Å². The summed E-state index contributed by atoms with van der Waals surface area (Å²) in [4.78, 5) is 26.7. The summed E-state index contributed by atoms with van der Waals surface area (Å²) in [5.41, 5.74) is 1.65. The molecule has 1 saturated heterocycles. The first-order valence-corrected chi connectivity index (χ1v) is 9.65. The number of hydrogen-bond acceptors (Lipinski definition) is 4. The van der Waals surface area contributed by atoms with Gasteiger partial charge in [0.05, 0.1) is 14.2 Å². The highest BCUT2D eigenvalue weighted by molar-refractivity contribution is 5.94. The maximum atomic E-state index is 12.5. The maximum absolute atomic E-state index is 12.5. The van der Waals surface area contributed by atoms with Crippen molar-refractivity contribution in [2.45, 2.75) is 12.8 Å². The van der Waals surface area contributed by atoms with Gasteiger partial charge in [-0.2, -0.15) is 0 Å². The summed E-state index contributed by atoms with van der Waals surface area (Å²) >= 11 is 0. The van der Waals surface area contributed by atoms with Gasteiger partial charge in [0.1, 0.15) is 0 Å². The number of anilines is 1. The number of amides is 2. The number of methoxy groups -OCH3 is 2. The Morgan fingerprint density at radius 3 is 2.34 bits per heavy atom. The Bertz CT molecular complexity index is 872. The van der Waals surface area contributed by atoms with Crippen molar-refractivity contribution in [2.24, 2.45) is 5.92 Å². The molecule has 6 heteroatoms. The highest BCUT2D eigenvalue weighted by Crippen LogP contribution is 2.28. The summed E-state index contributed by atoms with van der Waals surface area (Å²) in [6.07, 6.45) is 4.65. The third-order valence-electron chi connectivity index (χ3n) is 5.04. The van der Waals surface area contributed by atoms with Gasteiger partial charge in [-0.1, -0.05) is 24.3 Å². The number of nitrogens with one attached hydrogen (secondary N) is 1. The lowest BCUT2D eigenvalue weighted by Gasteiger charge is -2.30. The van der Waals surface area contributed by atoms with Gasteiger partial charge in [-0.15, -0.1) is 0 Å². The summed E-state index contributed by atoms with van der Waals surface area (Å²) in [6.45, 7) is 1.14. The van der Waals surface area contributed by atoms with Crippen LogP contribution in [-0.4, -0.2) is 44.0 Å². The van der Waals surface area contributed by atoms with E-state index in [1.807, 2.05) is 42.5 Å². The highest BCUT2D eigenvalue weighted by atomic mass is 16.5. The number of hydrogen-bond donors (Lipinski definition) is 1. The van der Waals surface area contributed by atoms with E-state index in [9.17, 15) is 9.59 Å². The van der Waals surface area contributed by atoms with Gasteiger partial charge < -0.3 is 19.7 Å². The predicted molar refractivity (Wildman–Crippen MR) is 113 cm³/mol. The fraction of sp³-hybridized carbons (Fsp3) is 0.304. The standard InChI is InChI=1S/C23H26N2O4/c1-28-20-10-8-17(16-21(20)29-2)9-11-22(26)25-14-12-18(13-15-25)23(27)24-19-6-4-3-5-7-19/h3-11,16,18H,12-15H2,1-2H3,(H,24,27)/b11-9+. The van der Waals surface area contributed by atoms with Gasteiger partial charge in [-0.05, 0) is 48.7 Å². The number of nitrogens with zero attached hydrogens (tertiary/aromatic N) is 1. The van der Waals surface area contributed by atoms with E-state index in [1.165, 1.54) is 0 Å². The predicted octanol–water partition coefficient (Wildman–Crippen LogP) is 3.59. The number of carbonyl (C=O) groups excluding carboxylic acids is 2. The van der Waals surface area contributed by atoms with Crippen molar-refractivity contribution in [1.29, 1.82) is 0 Å². The van der Waals surface area contributed by atoms with Crippen LogP contribution in [0.3, 0.4) is 0 Å². The van der Waals surface area contributed by atoms with E-state index in [1.54, 1.807) is 37.3 Å². The molecule has 1 aliphatic rings. The van der Waals surface area contributed by atoms with Crippen LogP contribution in [0, 0.1) is 5.92 Å². The minimum Gasteiger partial charge on any atom is -0.493 e. The molecule has 29 heavy (non-hydrogen) atoms. The summed E-state index contributed by atoms with van der Waals surface area (Å²) in [6, 6.07) is 14.9. The van der Waals surface area contributed by atoms with E-state index in [4.69, 9.17) is 9.47 Å². The molecule has 1 heterocycles. The van der Waals surface area contributed by atoms with E-state index in [0.717, 1.165) is 11.3 Å². The Hall–Kier alpha value is -3.28. The molecule has 0 saturated carbocycles. The van der Waals surface area contributed by atoms with Crippen molar-refractivity contribution in [3.05, 3.63) is 60.2 Å². The largest absolute Gasteiger partial charge is 0.493 e. The van der Waals surface area contributed by atoms with Gasteiger partial charge in [0.2, 0.25) is 11.8 Å². The zero-order valence-corrected chi connectivity index (χ0v) is 16.8. The lowest BCUT2D eigenvalue weighted by atomic mass is 9.95. The molecule has 0 aliphatic carbocycles. The molecule has 0 unspecified atom stereocenters. The van der Waals surface area contributed by atoms with Crippen LogP contribution in [0.25, 0.3) is 6.08 Å². The smallest absolute Gasteiger partial charge is 0.246 e. The molecule has 152 valence electrons. The quantitative estimate of drug-likeness (QED) is 0.761. The average Bonchev–Trinajstić information content (AvgIpc) is 2.78. The number of rotatable bonds is 6. The molecule has 0 atom stereocenters. The first kappa shape index (κ1) is 20.5. The number of likely N-dealkylation sites (tertiary alicyclic amines) is 1. The minimum atomic E-state index is -0.0749. The molecule has 1 aliphatic heterocycles. The zero-order chi connectivity index (χ0) is 20.6. The van der Waals surface area contributed by atoms with Gasteiger partial charge >= 0.3 is 0 Å². The Balaban J connectivity index is 1.52. The van der Waals surface area contributed by atoms with E-state index in [0.29, 0.717) is 37.4 Å². The second kappa shape index (κ2) is 9.78. The van der Waals surface area contributed by atoms with Gasteiger partial charge in [0.15, 0.2) is 11.5 Å². The van der Waals surface area contributed by atoms with Crippen LogP contribution in [-0.2, 0) is 9.59 Å². The van der Waals surface area contributed by atoms with Crippen molar-refractivity contribution in [1.82, 2.24) is 4.90 Å². The Kier molecular flexibility index (Phi) is 6.89. The molecule has 0 radical (unpaired) electrons. The van der Waals surface area contributed by atoms with Crippen LogP contribution < -0.4 is 14.8 Å². The molecule has 6 nitrogen and oxygen atoms in total. The highest BCUT2D eigenvalue weighted by Gasteiger charge is 2.26. The summed E-state index contributed by atoms with van der Waals surface area (Å²) in [7, 11) is 3.16. The van der Waals surface area contributed by atoms with Crippen molar-refractivity contribution < 1.29 is 19.1 Å². The number of para-hydroxylation sites is 1. The second-order valence-corrected chi connectivity index (χ2v) is 6.90. The lowest BCUT2D eigenvalue weighted by Crippen LogP contribution is -2.40. The molecule has 3 rings (SSSR count). The van der Waals surface area contributed by atoms with Crippen molar-refractivity contribution in [2.75, 3.05) is 32.6 Å². The Morgan fingerprint density at radius 2 is 1.69 bits per heavy atom. The van der Waals surface area contributed by atoms with Crippen LogP contribution in [0.2, 0.25) is 0 Å². The SMILES string of the molecule is COc1ccc(/C=C/C(=O)N2CCC(C(=O)Nc3ccccc3)CC2)cc1OC. The average molecular weight is 394 g/mol. The summed E-state index contributed by atoms with van der Waals surface area (Å²) in [5, 5.41) is 2.94. The summed E-state index contributed by atoms with van der Waals surface area (Å²) < 4.78 is 10.5. The van der Waals surface area contributed by atoms with Crippen LogP contribution in [0.4, 0.5) is 5.69 Å². The summed E-state index contributed by atoms with van der Waals surface area (Å²) in [5.74, 6) is 1.15. The van der Waals surface area contributed by atoms with Crippen LogP contribution in [0.1, 0.15) is 18.4 Å². The molecule has 2 aromatic carbocycles. The van der Waals surface area contributed by atoms with Gasteiger partial charge in [0.25, 0.3) is 0 Å². The number of benzene rings is 2. The van der Waals surface area contributed by atoms with Crippen molar-refractivity contribution in [3.63, 3.8) is 0 Å². The molecule has 2 aromatic rings. The van der Waals surface area contributed by atoms with Gasteiger partial charge in [0, 0.05) is 30.8 Å². The number of carbonyl (C=O) groups is 2. The zero-order valence-electron chi connectivity index (χ0n) is 16.8. The molecule has 1 fully saturated rings. The molecule has 1 N–H and O–H groups in total. The Labute approximate surface area is 171 Å². The van der Waals surface area contributed by atoms with Crippen molar-refractivity contribution >= 4 is 23.6 Å². The second-order valence-electron chi connectivity index (χ2n) is 6.90. The first-order chi connectivity index (χ1) is 14.1. The fourth-order valence-corrected chi connectivity index (χ4v) is 3.36. The van der Waals surface area contributed by atoms with Crippen molar-refractivity contribution in [3.8, 4) is 11.5 Å². The lowest BCUT2D eigenvalue weighted by molar-refractivity contribution is -0.130. The molecule has 0 bridgehead atoms. The first-order valence-electron chi connectivity index (χ1n) is 9.65. The molecular formula is C23H26N2O4. The van der Waals surface area contributed by atoms with Gasteiger partial charge in [-0.25, -0.2) is 0 Å². The monoisotopic (exact) mass is 394 g/mol. The maximum Gasteiger partial charge on any atom is 0.246 e. The third-order valence-corrected chi connectivity index (χ3v) is 5.04. The Morgan fingerprint density at radius 1 is 1.00 bits per heavy atom. The molecule has 2 amide bonds. The van der Waals surface area contributed by atoms with E-state index >= 15 is 0 Å². The fourth-order valence-electron chi connectivity index (χ4n) is 3.36. The van der Waals surface area contributed by atoms with Gasteiger partial charge in [-0.3, -0.25) is 9.59 Å². The van der Waals surface area contributed by atoms with E-state index in [-0.39, 0.29) is 17.7 Å². The van der Waals surface area contributed by atoms with E-state index in [2.05, 4.69) is 5.32 Å². The number of piperidine rings is 1. The number of ether oxygens (including phenoxy) is 2. The van der Waals surface area contributed by atoms with Crippen LogP contribution in [0.15, 0.2) is 54.6 Å². The third kappa shape index (κ3) is 5.38. The molecule has 0 spiro atoms. The van der Waals surface area contributed by atoms with E-state index < -0.39 is 0 Å². The molecule has 0 aromatic heterocycles. The minimum absolute atomic E-state index is 0.0177. The van der Waals surface area contributed by atoms with Crippen LogP contribution >= 0.6 is 0 Å².